The molecule has 0 radical (unpaired) electrons. The van der Waals surface area contributed by atoms with Gasteiger partial charge >= 0.3 is 6.01 Å². The van der Waals surface area contributed by atoms with E-state index in [9.17, 15) is 9.65 Å². The summed E-state index contributed by atoms with van der Waals surface area (Å²) in [6, 6.07) is 9.74. The van der Waals surface area contributed by atoms with Crippen LogP contribution < -0.4 is 15.0 Å². The van der Waals surface area contributed by atoms with Gasteiger partial charge in [0, 0.05) is 49.9 Å². The Bertz CT molecular complexity index is 1430. The standard InChI is InChI=1S/C28H29F2N7O/c29-18-10-28(8-3-9-37(28)13-18)16-38-27-34-25-22(26(35-27)36-14-19-6-7-20(15-36)33-19)12-32-24(23(25)30)21-5-2-1-4-17(21)11-31/h1-2,4-5,12,18-20,33H,3,6-10,13-16H2/t18-,19-,20+,28+/m1/s1. The van der Waals surface area contributed by atoms with Crippen molar-refractivity contribution in [2.45, 2.75) is 55.9 Å². The molecular formula is C28H29F2N7O. The summed E-state index contributed by atoms with van der Waals surface area (Å²) in [6.07, 6.45) is 5.23. The molecule has 7 rings (SSSR count). The Morgan fingerprint density at radius 1 is 1.16 bits per heavy atom. The van der Waals surface area contributed by atoms with Crippen LogP contribution in [0, 0.1) is 17.1 Å². The lowest BCUT2D eigenvalue weighted by Gasteiger charge is -2.34. The number of pyridine rings is 1. The van der Waals surface area contributed by atoms with Crippen molar-refractivity contribution in [3.05, 3.63) is 41.8 Å². The summed E-state index contributed by atoms with van der Waals surface area (Å²) in [5.74, 6) is -0.00682. The SMILES string of the molecule is N#Cc1ccccc1-c1ncc2c(N3C[C@H]4CC[C@@H](C3)N4)nc(OC[C@@]34CCCN3C[C@H](F)C4)nc2c1F. The molecular weight excluding hydrogens is 488 g/mol. The normalized spacial score (nSPS) is 28.6. The maximum Gasteiger partial charge on any atom is 0.319 e. The van der Waals surface area contributed by atoms with Gasteiger partial charge in [-0.2, -0.15) is 15.2 Å². The minimum Gasteiger partial charge on any atom is -0.461 e. The highest BCUT2D eigenvalue weighted by atomic mass is 19.1. The fourth-order valence-electron chi connectivity index (χ4n) is 6.92. The number of hydrogen-bond acceptors (Lipinski definition) is 8. The van der Waals surface area contributed by atoms with Crippen molar-refractivity contribution in [2.24, 2.45) is 0 Å². The molecule has 4 fully saturated rings. The Balaban J connectivity index is 1.31. The number of piperazine rings is 1. The van der Waals surface area contributed by atoms with Crippen LogP contribution in [0.1, 0.15) is 37.7 Å². The molecule has 0 spiro atoms. The fraction of sp³-hybridized carbons (Fsp3) is 0.500. The molecule has 1 N–H and O–H groups in total. The molecule has 0 unspecified atom stereocenters. The predicted molar refractivity (Wildman–Crippen MR) is 138 cm³/mol. The number of nitriles is 1. The van der Waals surface area contributed by atoms with E-state index >= 15 is 4.39 Å². The van der Waals surface area contributed by atoms with Gasteiger partial charge in [-0.05, 0) is 38.3 Å². The topological polar surface area (TPSA) is 90.2 Å². The molecule has 8 nitrogen and oxygen atoms in total. The van der Waals surface area contributed by atoms with Gasteiger partial charge in [-0.25, -0.2) is 8.78 Å². The zero-order chi connectivity index (χ0) is 25.9. The number of nitrogens with one attached hydrogen (secondary N) is 1. The fourth-order valence-corrected chi connectivity index (χ4v) is 6.92. The van der Waals surface area contributed by atoms with E-state index in [4.69, 9.17) is 9.72 Å². The molecule has 4 atom stereocenters. The lowest BCUT2D eigenvalue weighted by molar-refractivity contribution is 0.107. The molecule has 0 aliphatic carbocycles. The molecule has 3 aromatic rings. The van der Waals surface area contributed by atoms with Crippen molar-refractivity contribution in [1.82, 2.24) is 25.2 Å². The minimum atomic E-state index is -0.866. The largest absolute Gasteiger partial charge is 0.461 e. The maximum absolute atomic E-state index is 16.2. The van der Waals surface area contributed by atoms with Gasteiger partial charge in [0.05, 0.1) is 22.6 Å². The van der Waals surface area contributed by atoms with Gasteiger partial charge in [0.25, 0.3) is 0 Å². The second kappa shape index (κ2) is 9.10. The average Bonchev–Trinajstić information content (AvgIpc) is 3.58. The van der Waals surface area contributed by atoms with Crippen molar-refractivity contribution in [1.29, 1.82) is 5.26 Å². The first kappa shape index (κ1) is 23.7. The molecule has 38 heavy (non-hydrogen) atoms. The molecule has 2 bridgehead atoms. The number of nitrogens with zero attached hydrogens (tertiary/aromatic N) is 6. The van der Waals surface area contributed by atoms with Crippen LogP contribution in [0.3, 0.4) is 0 Å². The lowest BCUT2D eigenvalue weighted by Crippen LogP contribution is -2.51. The molecule has 0 saturated carbocycles. The summed E-state index contributed by atoms with van der Waals surface area (Å²) in [5.41, 5.74) is 0.578. The van der Waals surface area contributed by atoms with Crippen LogP contribution in [0.15, 0.2) is 30.5 Å². The zero-order valence-electron chi connectivity index (χ0n) is 21.0. The number of aromatic nitrogens is 3. The molecule has 10 heteroatoms. The van der Waals surface area contributed by atoms with Crippen LogP contribution in [0.5, 0.6) is 6.01 Å². The monoisotopic (exact) mass is 517 g/mol. The van der Waals surface area contributed by atoms with Crippen LogP contribution >= 0.6 is 0 Å². The van der Waals surface area contributed by atoms with Crippen LogP contribution in [0.2, 0.25) is 0 Å². The summed E-state index contributed by atoms with van der Waals surface area (Å²) in [5, 5.41) is 13.7. The summed E-state index contributed by atoms with van der Waals surface area (Å²) < 4.78 is 36.7. The number of hydrogen-bond donors (Lipinski definition) is 1. The van der Waals surface area contributed by atoms with Gasteiger partial charge < -0.3 is 15.0 Å². The van der Waals surface area contributed by atoms with Crippen molar-refractivity contribution in [2.75, 3.05) is 37.7 Å². The highest BCUT2D eigenvalue weighted by Crippen LogP contribution is 2.41. The van der Waals surface area contributed by atoms with Gasteiger partial charge in [0.1, 0.15) is 29.8 Å². The highest BCUT2D eigenvalue weighted by Gasteiger charge is 2.49. The predicted octanol–water partition coefficient (Wildman–Crippen LogP) is 3.60. The summed E-state index contributed by atoms with van der Waals surface area (Å²) >= 11 is 0. The van der Waals surface area contributed by atoms with Crippen LogP contribution in [-0.2, 0) is 0 Å². The first-order chi connectivity index (χ1) is 18.5. The Hall–Kier alpha value is -3.42. The quantitative estimate of drug-likeness (QED) is 0.549. The molecule has 1 aromatic carbocycles. The molecule has 2 aromatic heterocycles. The van der Waals surface area contributed by atoms with Gasteiger partial charge in [-0.3, -0.25) is 9.88 Å². The number of rotatable bonds is 5. The first-order valence-corrected chi connectivity index (χ1v) is 13.4. The van der Waals surface area contributed by atoms with E-state index in [0.29, 0.717) is 47.4 Å². The smallest absolute Gasteiger partial charge is 0.319 e. The Labute approximate surface area is 219 Å². The van der Waals surface area contributed by atoms with E-state index in [1.807, 2.05) is 0 Å². The second-order valence-electron chi connectivity index (χ2n) is 11.1. The van der Waals surface area contributed by atoms with Gasteiger partial charge in [-0.1, -0.05) is 18.2 Å². The van der Waals surface area contributed by atoms with Crippen LogP contribution in [0.25, 0.3) is 22.2 Å². The van der Waals surface area contributed by atoms with E-state index in [-0.39, 0.29) is 29.4 Å². The molecule has 4 aliphatic heterocycles. The number of ether oxygens (including phenoxy) is 1. The van der Waals surface area contributed by atoms with E-state index < -0.39 is 12.0 Å². The van der Waals surface area contributed by atoms with E-state index in [1.165, 1.54) is 0 Å². The van der Waals surface area contributed by atoms with Crippen molar-refractivity contribution in [3.8, 4) is 23.3 Å². The zero-order valence-corrected chi connectivity index (χ0v) is 21.0. The van der Waals surface area contributed by atoms with E-state index in [2.05, 4.69) is 31.2 Å². The van der Waals surface area contributed by atoms with Crippen LogP contribution in [-0.4, -0.2) is 76.4 Å². The molecule has 4 saturated heterocycles. The lowest BCUT2D eigenvalue weighted by atomic mass is 9.95. The summed E-state index contributed by atoms with van der Waals surface area (Å²) in [7, 11) is 0. The third kappa shape index (κ3) is 3.87. The Kier molecular flexibility index (Phi) is 5.67. The van der Waals surface area contributed by atoms with Crippen molar-refractivity contribution < 1.29 is 13.5 Å². The third-order valence-electron chi connectivity index (χ3n) is 8.69. The van der Waals surface area contributed by atoms with Crippen molar-refractivity contribution in [3.63, 3.8) is 0 Å². The number of benzene rings is 1. The number of halogens is 2. The maximum atomic E-state index is 16.2. The molecule has 6 heterocycles. The van der Waals surface area contributed by atoms with Crippen molar-refractivity contribution >= 4 is 16.7 Å². The molecule has 4 aliphatic rings. The van der Waals surface area contributed by atoms with Crippen LogP contribution in [0.4, 0.5) is 14.6 Å². The highest BCUT2D eigenvalue weighted by molar-refractivity contribution is 5.92. The molecule has 196 valence electrons. The first-order valence-electron chi connectivity index (χ1n) is 13.4. The van der Waals surface area contributed by atoms with Gasteiger partial charge in [0.15, 0.2) is 5.82 Å². The third-order valence-corrected chi connectivity index (χ3v) is 8.69. The minimum absolute atomic E-state index is 0.0715. The van der Waals surface area contributed by atoms with Gasteiger partial charge in [0.2, 0.25) is 0 Å². The van der Waals surface area contributed by atoms with Gasteiger partial charge in [-0.15, -0.1) is 0 Å². The summed E-state index contributed by atoms with van der Waals surface area (Å²) in [6.45, 7) is 3.06. The van der Waals surface area contributed by atoms with E-state index in [1.54, 1.807) is 30.5 Å². The van der Waals surface area contributed by atoms with E-state index in [0.717, 1.165) is 45.3 Å². The Morgan fingerprint density at radius 3 is 2.79 bits per heavy atom. The summed E-state index contributed by atoms with van der Waals surface area (Å²) in [4.78, 5) is 18.1. The average molecular weight is 518 g/mol. The molecule has 0 amide bonds. The Morgan fingerprint density at radius 2 is 1.97 bits per heavy atom. The number of alkyl halides is 1. The number of fused-ring (bicyclic) bond motifs is 4. The second-order valence-corrected chi connectivity index (χ2v) is 11.1. The number of anilines is 1.